The van der Waals surface area contributed by atoms with Gasteiger partial charge in [0.25, 0.3) is 0 Å². The van der Waals surface area contributed by atoms with Gasteiger partial charge < -0.3 is 5.32 Å². The molecule has 0 fully saturated rings. The molecule has 0 saturated carbocycles. The van der Waals surface area contributed by atoms with Crippen LogP contribution in [0.25, 0.3) is 10.9 Å². The average Bonchev–Trinajstić information content (AvgIpc) is 2.50. The van der Waals surface area contributed by atoms with Crippen LogP contribution in [0.5, 0.6) is 0 Å². The van der Waals surface area contributed by atoms with Crippen molar-refractivity contribution in [1.82, 2.24) is 10.3 Å². The molecule has 108 valence electrons. The van der Waals surface area contributed by atoms with Crippen molar-refractivity contribution in [2.24, 2.45) is 0 Å². The maximum atomic E-state index is 4.45. The molecule has 3 heteroatoms. The predicted molar refractivity (Wildman–Crippen MR) is 90.5 cm³/mol. The molecular weight excluding hydrogens is 264 g/mol. The van der Waals surface area contributed by atoms with Gasteiger partial charge in [-0.25, -0.2) is 0 Å². The molecule has 0 aliphatic carbocycles. The number of pyridine rings is 1. The maximum Gasteiger partial charge on any atom is 0.0704 e. The van der Waals surface area contributed by atoms with Crippen LogP contribution < -0.4 is 5.32 Å². The zero-order valence-corrected chi connectivity index (χ0v) is 13.2. The number of thioether (sulfide) groups is 1. The molecular formula is C17H24N2S. The molecule has 1 unspecified atom stereocenters. The summed E-state index contributed by atoms with van der Waals surface area (Å²) >= 11 is 2.01. The van der Waals surface area contributed by atoms with Crippen molar-refractivity contribution < 1.29 is 0 Å². The summed E-state index contributed by atoms with van der Waals surface area (Å²) in [5.74, 6) is 2.36. The topological polar surface area (TPSA) is 24.9 Å². The summed E-state index contributed by atoms with van der Waals surface area (Å²) in [5.41, 5.74) is 2.50. The third-order valence-corrected chi connectivity index (χ3v) is 4.46. The van der Waals surface area contributed by atoms with E-state index in [0.717, 1.165) is 18.5 Å². The van der Waals surface area contributed by atoms with Crippen molar-refractivity contribution in [3.8, 4) is 0 Å². The molecule has 1 heterocycles. The quantitative estimate of drug-likeness (QED) is 0.797. The highest BCUT2D eigenvalue weighted by atomic mass is 32.2. The summed E-state index contributed by atoms with van der Waals surface area (Å²) in [7, 11) is 0. The number of benzene rings is 1. The Morgan fingerprint density at radius 2 is 2.05 bits per heavy atom. The molecule has 0 saturated heterocycles. The Bertz CT molecular complexity index is 514. The van der Waals surface area contributed by atoms with Gasteiger partial charge in [0.2, 0.25) is 0 Å². The number of para-hydroxylation sites is 1. The standard InChI is InChI=1S/C17H24N2S/c1-3-10-18-15(13-20-4-2)12-14-9-11-19-17-8-6-5-7-16(14)17/h5-9,11,15,18H,3-4,10,12-13H2,1-2H3. The fraction of sp³-hybridized carbons (Fsp3) is 0.471. The smallest absolute Gasteiger partial charge is 0.0704 e. The van der Waals surface area contributed by atoms with E-state index in [1.165, 1.54) is 28.9 Å². The van der Waals surface area contributed by atoms with Crippen molar-refractivity contribution in [2.45, 2.75) is 32.7 Å². The monoisotopic (exact) mass is 288 g/mol. The van der Waals surface area contributed by atoms with Gasteiger partial charge in [-0.05, 0) is 42.8 Å². The van der Waals surface area contributed by atoms with Crippen molar-refractivity contribution in [3.05, 3.63) is 42.1 Å². The largest absolute Gasteiger partial charge is 0.313 e. The molecule has 0 radical (unpaired) electrons. The molecule has 2 rings (SSSR count). The second-order valence-corrected chi connectivity index (χ2v) is 6.32. The SMILES string of the molecule is CCCNC(CSCC)Cc1ccnc2ccccc12. The Hall–Kier alpha value is -1.06. The van der Waals surface area contributed by atoms with Crippen molar-refractivity contribution in [1.29, 1.82) is 0 Å². The van der Waals surface area contributed by atoms with E-state index < -0.39 is 0 Å². The highest BCUT2D eigenvalue weighted by Crippen LogP contribution is 2.18. The van der Waals surface area contributed by atoms with E-state index >= 15 is 0 Å². The third-order valence-electron chi connectivity index (χ3n) is 3.41. The number of rotatable bonds is 8. The molecule has 1 aromatic carbocycles. The van der Waals surface area contributed by atoms with Gasteiger partial charge in [-0.2, -0.15) is 11.8 Å². The van der Waals surface area contributed by atoms with Crippen LogP contribution in [0.3, 0.4) is 0 Å². The lowest BCUT2D eigenvalue weighted by molar-refractivity contribution is 0.551. The zero-order chi connectivity index (χ0) is 14.2. The normalized spacial score (nSPS) is 12.7. The van der Waals surface area contributed by atoms with Gasteiger partial charge in [-0.15, -0.1) is 0 Å². The van der Waals surface area contributed by atoms with E-state index in [4.69, 9.17) is 0 Å². The van der Waals surface area contributed by atoms with Crippen molar-refractivity contribution in [2.75, 3.05) is 18.1 Å². The molecule has 1 atom stereocenters. The first-order chi connectivity index (χ1) is 9.85. The van der Waals surface area contributed by atoms with Gasteiger partial charge in [0.15, 0.2) is 0 Å². The molecule has 1 aromatic heterocycles. The van der Waals surface area contributed by atoms with Crippen LogP contribution in [0.15, 0.2) is 36.5 Å². The molecule has 1 N–H and O–H groups in total. The van der Waals surface area contributed by atoms with Gasteiger partial charge in [-0.3, -0.25) is 4.98 Å². The van der Waals surface area contributed by atoms with E-state index in [2.05, 4.69) is 54.5 Å². The summed E-state index contributed by atoms with van der Waals surface area (Å²) in [6.07, 6.45) is 4.20. The summed E-state index contributed by atoms with van der Waals surface area (Å²) in [5, 5.41) is 4.97. The lowest BCUT2D eigenvalue weighted by atomic mass is 10.0. The van der Waals surface area contributed by atoms with Crippen LogP contribution in [-0.4, -0.2) is 29.1 Å². The van der Waals surface area contributed by atoms with Crippen LogP contribution in [0.2, 0.25) is 0 Å². The number of hydrogen-bond donors (Lipinski definition) is 1. The van der Waals surface area contributed by atoms with Crippen LogP contribution in [0.1, 0.15) is 25.8 Å². The van der Waals surface area contributed by atoms with Crippen LogP contribution in [0, 0.1) is 0 Å². The van der Waals surface area contributed by atoms with Gasteiger partial charge in [0.1, 0.15) is 0 Å². The lowest BCUT2D eigenvalue weighted by Crippen LogP contribution is -2.34. The molecule has 0 aliphatic rings. The van der Waals surface area contributed by atoms with Gasteiger partial charge in [-0.1, -0.05) is 32.0 Å². The van der Waals surface area contributed by atoms with Crippen LogP contribution in [0.4, 0.5) is 0 Å². The average molecular weight is 288 g/mol. The number of aromatic nitrogens is 1. The first-order valence-corrected chi connectivity index (χ1v) is 8.64. The Morgan fingerprint density at radius 3 is 2.85 bits per heavy atom. The molecule has 20 heavy (non-hydrogen) atoms. The minimum atomic E-state index is 0.547. The minimum absolute atomic E-state index is 0.547. The first-order valence-electron chi connectivity index (χ1n) is 7.49. The summed E-state index contributed by atoms with van der Waals surface area (Å²) in [6, 6.07) is 11.1. The van der Waals surface area contributed by atoms with E-state index in [0.29, 0.717) is 6.04 Å². The second kappa shape index (κ2) is 8.28. The summed E-state index contributed by atoms with van der Waals surface area (Å²) in [6.45, 7) is 5.54. The summed E-state index contributed by atoms with van der Waals surface area (Å²) in [4.78, 5) is 4.45. The van der Waals surface area contributed by atoms with Crippen molar-refractivity contribution >= 4 is 22.7 Å². The molecule has 0 amide bonds. The lowest BCUT2D eigenvalue weighted by Gasteiger charge is -2.19. The van der Waals surface area contributed by atoms with Crippen LogP contribution in [-0.2, 0) is 6.42 Å². The van der Waals surface area contributed by atoms with E-state index in [9.17, 15) is 0 Å². The second-order valence-electron chi connectivity index (χ2n) is 5.00. The van der Waals surface area contributed by atoms with Crippen LogP contribution >= 0.6 is 11.8 Å². The molecule has 2 aromatic rings. The number of nitrogens with one attached hydrogen (secondary N) is 1. The Labute approximate surface area is 126 Å². The third kappa shape index (κ3) is 4.22. The first kappa shape index (κ1) is 15.3. The number of fused-ring (bicyclic) bond motifs is 1. The Balaban J connectivity index is 2.14. The predicted octanol–water partition coefficient (Wildman–Crippen LogP) is 3.90. The molecule has 0 spiro atoms. The highest BCUT2D eigenvalue weighted by molar-refractivity contribution is 7.99. The van der Waals surface area contributed by atoms with Gasteiger partial charge in [0.05, 0.1) is 5.52 Å². The zero-order valence-electron chi connectivity index (χ0n) is 12.4. The van der Waals surface area contributed by atoms with Gasteiger partial charge >= 0.3 is 0 Å². The minimum Gasteiger partial charge on any atom is -0.313 e. The molecule has 0 bridgehead atoms. The van der Waals surface area contributed by atoms with E-state index in [-0.39, 0.29) is 0 Å². The number of nitrogens with zero attached hydrogens (tertiary/aromatic N) is 1. The van der Waals surface area contributed by atoms with Gasteiger partial charge in [0, 0.05) is 23.4 Å². The van der Waals surface area contributed by atoms with Crippen molar-refractivity contribution in [3.63, 3.8) is 0 Å². The number of hydrogen-bond acceptors (Lipinski definition) is 3. The fourth-order valence-corrected chi connectivity index (χ4v) is 3.15. The van der Waals surface area contributed by atoms with E-state index in [1.807, 2.05) is 18.0 Å². The van der Waals surface area contributed by atoms with E-state index in [1.54, 1.807) is 0 Å². The molecule has 2 nitrogen and oxygen atoms in total. The maximum absolute atomic E-state index is 4.45. The summed E-state index contributed by atoms with van der Waals surface area (Å²) < 4.78 is 0. The Kier molecular flexibility index (Phi) is 6.34. The molecule has 0 aliphatic heterocycles. The highest BCUT2D eigenvalue weighted by Gasteiger charge is 2.11. The Morgan fingerprint density at radius 1 is 1.20 bits per heavy atom. The fourth-order valence-electron chi connectivity index (χ4n) is 2.40.